The summed E-state index contributed by atoms with van der Waals surface area (Å²) in [6.07, 6.45) is 3.16. The molecule has 1 aliphatic heterocycles. The normalized spacial score (nSPS) is 30.2. The zero-order valence-electron chi connectivity index (χ0n) is 11.5. The first-order valence-corrected chi connectivity index (χ1v) is 6.79. The number of morpholine rings is 1. The highest BCUT2D eigenvalue weighted by Crippen LogP contribution is 2.17. The Balaban J connectivity index is 2.26. The van der Waals surface area contributed by atoms with Gasteiger partial charge in [-0.1, -0.05) is 6.92 Å². The molecule has 3 N–H and O–H groups in total. The fourth-order valence-corrected chi connectivity index (χ4v) is 2.52. The maximum Gasteiger partial charge on any atom is 0.0767 e. The second-order valence-electron chi connectivity index (χ2n) is 5.40. The highest BCUT2D eigenvalue weighted by atomic mass is 16.5. The second kappa shape index (κ2) is 6.69. The fourth-order valence-electron chi connectivity index (χ4n) is 2.52. The summed E-state index contributed by atoms with van der Waals surface area (Å²) in [5, 5.41) is 10.1. The predicted octanol–water partition coefficient (Wildman–Crippen LogP) is 0.976. The fraction of sp³-hybridized carbons (Fsp3) is 1.00. The molecule has 1 rings (SSSR count). The molecule has 4 nitrogen and oxygen atoms in total. The molecule has 0 radical (unpaired) electrons. The van der Waals surface area contributed by atoms with Gasteiger partial charge in [-0.2, -0.15) is 0 Å². The van der Waals surface area contributed by atoms with Gasteiger partial charge in [-0.3, -0.25) is 4.90 Å². The van der Waals surface area contributed by atoms with E-state index in [1.54, 1.807) is 0 Å². The van der Waals surface area contributed by atoms with Crippen molar-refractivity contribution in [1.82, 2.24) is 4.90 Å². The Morgan fingerprint density at radius 3 is 2.41 bits per heavy atom. The minimum absolute atomic E-state index is 0.318. The molecule has 0 spiro atoms. The molecule has 17 heavy (non-hydrogen) atoms. The first kappa shape index (κ1) is 14.9. The molecule has 1 saturated heterocycles. The average molecular weight is 244 g/mol. The average Bonchev–Trinajstić information content (AvgIpc) is 2.27. The molecular formula is C13H28N2O2. The Labute approximate surface area is 105 Å². The molecule has 0 saturated carbocycles. The number of rotatable bonds is 6. The van der Waals surface area contributed by atoms with E-state index in [0.717, 1.165) is 38.9 Å². The van der Waals surface area contributed by atoms with Crippen molar-refractivity contribution in [1.29, 1.82) is 0 Å². The van der Waals surface area contributed by atoms with Crippen LogP contribution in [0.4, 0.5) is 0 Å². The predicted molar refractivity (Wildman–Crippen MR) is 70.0 cm³/mol. The molecule has 0 bridgehead atoms. The van der Waals surface area contributed by atoms with Gasteiger partial charge in [0.2, 0.25) is 0 Å². The largest absolute Gasteiger partial charge is 0.389 e. The monoisotopic (exact) mass is 244 g/mol. The van der Waals surface area contributed by atoms with E-state index in [1.165, 1.54) is 0 Å². The molecule has 0 aromatic rings. The van der Waals surface area contributed by atoms with Gasteiger partial charge < -0.3 is 15.6 Å². The van der Waals surface area contributed by atoms with E-state index in [2.05, 4.69) is 18.7 Å². The Hall–Kier alpha value is -0.160. The zero-order chi connectivity index (χ0) is 12.9. The summed E-state index contributed by atoms with van der Waals surface area (Å²) < 4.78 is 5.69. The number of aliphatic hydroxyl groups is 1. The summed E-state index contributed by atoms with van der Waals surface area (Å²) in [6.45, 7) is 9.61. The van der Waals surface area contributed by atoms with Gasteiger partial charge in [0.1, 0.15) is 0 Å². The first-order valence-electron chi connectivity index (χ1n) is 6.79. The number of ether oxygens (including phenoxy) is 1. The van der Waals surface area contributed by atoms with Crippen LogP contribution in [0.15, 0.2) is 0 Å². The van der Waals surface area contributed by atoms with Crippen molar-refractivity contribution in [2.45, 2.75) is 57.8 Å². The summed E-state index contributed by atoms with van der Waals surface area (Å²) >= 11 is 0. The number of hydrogen-bond acceptors (Lipinski definition) is 4. The third-order valence-electron chi connectivity index (χ3n) is 3.65. The number of nitrogens with two attached hydrogens (primary N) is 1. The van der Waals surface area contributed by atoms with E-state index in [-0.39, 0.29) is 0 Å². The summed E-state index contributed by atoms with van der Waals surface area (Å²) in [4.78, 5) is 2.42. The van der Waals surface area contributed by atoms with Crippen LogP contribution < -0.4 is 5.73 Å². The van der Waals surface area contributed by atoms with Crippen LogP contribution in [0.3, 0.4) is 0 Å². The molecule has 3 unspecified atom stereocenters. The van der Waals surface area contributed by atoms with Crippen LogP contribution in [-0.2, 0) is 4.74 Å². The lowest BCUT2D eigenvalue weighted by molar-refractivity contribution is -0.0696. The van der Waals surface area contributed by atoms with Gasteiger partial charge in [-0.15, -0.1) is 0 Å². The van der Waals surface area contributed by atoms with E-state index in [4.69, 9.17) is 10.5 Å². The summed E-state index contributed by atoms with van der Waals surface area (Å²) in [5.41, 5.74) is 4.93. The van der Waals surface area contributed by atoms with Crippen LogP contribution in [-0.4, -0.2) is 54.0 Å². The Kier molecular flexibility index (Phi) is 5.86. The maximum absolute atomic E-state index is 10.1. The van der Waals surface area contributed by atoms with Gasteiger partial charge in [-0.05, 0) is 39.7 Å². The highest BCUT2D eigenvalue weighted by molar-refractivity contribution is 4.79. The molecule has 0 aliphatic carbocycles. The molecule has 102 valence electrons. The van der Waals surface area contributed by atoms with Gasteiger partial charge in [-0.25, -0.2) is 0 Å². The van der Waals surface area contributed by atoms with Gasteiger partial charge >= 0.3 is 0 Å². The third-order valence-corrected chi connectivity index (χ3v) is 3.65. The maximum atomic E-state index is 10.1. The van der Waals surface area contributed by atoms with Gasteiger partial charge in [0.05, 0.1) is 17.8 Å². The van der Waals surface area contributed by atoms with Gasteiger partial charge in [0.25, 0.3) is 0 Å². The molecule has 0 aromatic heterocycles. The molecule has 0 amide bonds. The van der Waals surface area contributed by atoms with Crippen molar-refractivity contribution in [2.75, 3.05) is 26.2 Å². The van der Waals surface area contributed by atoms with Crippen molar-refractivity contribution in [3.05, 3.63) is 0 Å². The lowest BCUT2D eigenvalue weighted by Crippen LogP contribution is -2.46. The smallest absolute Gasteiger partial charge is 0.0767 e. The molecule has 1 fully saturated rings. The number of nitrogens with zero attached hydrogens (tertiary/aromatic N) is 1. The van der Waals surface area contributed by atoms with E-state index in [0.29, 0.717) is 18.8 Å². The van der Waals surface area contributed by atoms with Crippen LogP contribution in [0, 0.1) is 0 Å². The van der Waals surface area contributed by atoms with Crippen molar-refractivity contribution in [3.63, 3.8) is 0 Å². The third kappa shape index (κ3) is 4.92. The summed E-state index contributed by atoms with van der Waals surface area (Å²) in [5.74, 6) is 0. The van der Waals surface area contributed by atoms with Crippen LogP contribution in [0.5, 0.6) is 0 Å². The molecule has 1 aliphatic rings. The van der Waals surface area contributed by atoms with E-state index < -0.39 is 5.60 Å². The van der Waals surface area contributed by atoms with Crippen molar-refractivity contribution in [2.24, 2.45) is 5.73 Å². The van der Waals surface area contributed by atoms with Gasteiger partial charge in [0, 0.05) is 19.6 Å². The number of hydrogen-bond donors (Lipinski definition) is 2. The SMILES string of the molecule is CCC(O)(CN)CCCN1CC(C)OC(C)C1. The summed E-state index contributed by atoms with van der Waals surface area (Å²) in [6, 6.07) is 0. The lowest BCUT2D eigenvalue weighted by atomic mass is 9.94. The van der Waals surface area contributed by atoms with E-state index in [9.17, 15) is 5.11 Å². The molecule has 3 atom stereocenters. The van der Waals surface area contributed by atoms with Crippen molar-refractivity contribution >= 4 is 0 Å². The van der Waals surface area contributed by atoms with Crippen LogP contribution >= 0.6 is 0 Å². The van der Waals surface area contributed by atoms with E-state index in [1.807, 2.05) is 6.92 Å². The van der Waals surface area contributed by atoms with Crippen LogP contribution in [0.1, 0.15) is 40.0 Å². The van der Waals surface area contributed by atoms with Crippen LogP contribution in [0.2, 0.25) is 0 Å². The quantitative estimate of drug-likeness (QED) is 0.731. The molecule has 4 heteroatoms. The lowest BCUT2D eigenvalue weighted by Gasteiger charge is -2.36. The van der Waals surface area contributed by atoms with E-state index >= 15 is 0 Å². The first-order chi connectivity index (χ1) is 7.99. The molecular weight excluding hydrogens is 216 g/mol. The molecule has 1 heterocycles. The zero-order valence-corrected chi connectivity index (χ0v) is 11.5. The standard InChI is InChI=1S/C13H28N2O2/c1-4-13(16,10-14)6-5-7-15-8-11(2)17-12(3)9-15/h11-12,16H,4-10,14H2,1-3H3. The van der Waals surface area contributed by atoms with Crippen LogP contribution in [0.25, 0.3) is 0 Å². The molecule has 0 aromatic carbocycles. The van der Waals surface area contributed by atoms with Gasteiger partial charge in [0.15, 0.2) is 0 Å². The minimum Gasteiger partial charge on any atom is -0.389 e. The Morgan fingerprint density at radius 1 is 1.35 bits per heavy atom. The highest BCUT2D eigenvalue weighted by Gasteiger charge is 2.25. The van der Waals surface area contributed by atoms with Crippen molar-refractivity contribution < 1.29 is 9.84 Å². The van der Waals surface area contributed by atoms with Crippen molar-refractivity contribution in [3.8, 4) is 0 Å². The second-order valence-corrected chi connectivity index (χ2v) is 5.40. The minimum atomic E-state index is -0.663. The topological polar surface area (TPSA) is 58.7 Å². The Morgan fingerprint density at radius 2 is 1.94 bits per heavy atom. The Bertz CT molecular complexity index is 209. The summed E-state index contributed by atoms with van der Waals surface area (Å²) in [7, 11) is 0.